The van der Waals surface area contributed by atoms with Gasteiger partial charge in [0.1, 0.15) is 0 Å². The summed E-state index contributed by atoms with van der Waals surface area (Å²) < 4.78 is 1.55. The Morgan fingerprint density at radius 1 is 1.10 bits per heavy atom. The zero-order valence-corrected chi connectivity index (χ0v) is 16.1. The van der Waals surface area contributed by atoms with E-state index < -0.39 is 16.1 Å². The Balaban J connectivity index is 1.81. The van der Waals surface area contributed by atoms with Gasteiger partial charge in [0.25, 0.3) is 16.8 Å². The molecule has 8 nitrogen and oxygen atoms in total. The van der Waals surface area contributed by atoms with E-state index in [1.54, 1.807) is 53.4 Å². The van der Waals surface area contributed by atoms with E-state index in [0.29, 0.717) is 22.0 Å². The van der Waals surface area contributed by atoms with Crippen LogP contribution in [0.4, 0.5) is 10.5 Å². The normalized spacial score (nSPS) is 15.0. The Hall–Kier alpha value is -3.43. The van der Waals surface area contributed by atoms with Gasteiger partial charge in [0.05, 0.1) is 21.2 Å². The van der Waals surface area contributed by atoms with Gasteiger partial charge in [-0.05, 0) is 42.1 Å². The number of non-ortho nitro benzene ring substituents is 1. The predicted molar refractivity (Wildman–Crippen MR) is 110 cm³/mol. The van der Waals surface area contributed by atoms with Gasteiger partial charge in [-0.1, -0.05) is 23.7 Å². The average molecular weight is 427 g/mol. The van der Waals surface area contributed by atoms with E-state index in [2.05, 4.69) is 10.4 Å². The standard InChI is InChI=1S/C19H11ClN4O4S/c20-13-3-1-11(2-4-13)17-12(9-16-18(25)21-19(26)29-16)10-23(22-17)14-5-7-15(8-6-14)24(27)28/h1-10H,(H,21,25,26)/b16-9-. The first kappa shape index (κ1) is 18.9. The van der Waals surface area contributed by atoms with Gasteiger partial charge < -0.3 is 0 Å². The Bertz CT molecular complexity index is 1170. The van der Waals surface area contributed by atoms with E-state index in [-0.39, 0.29) is 10.6 Å². The van der Waals surface area contributed by atoms with Crippen LogP contribution >= 0.6 is 23.4 Å². The number of hydrogen-bond acceptors (Lipinski definition) is 6. The minimum Gasteiger partial charge on any atom is -0.282 e. The van der Waals surface area contributed by atoms with E-state index >= 15 is 0 Å². The first-order chi connectivity index (χ1) is 13.9. The Morgan fingerprint density at radius 3 is 2.38 bits per heavy atom. The Kier molecular flexibility index (Phi) is 4.91. The maximum atomic E-state index is 11.9. The fraction of sp³-hybridized carbons (Fsp3) is 0. The molecule has 0 spiro atoms. The quantitative estimate of drug-likeness (QED) is 0.376. The third-order valence-corrected chi connectivity index (χ3v) is 5.18. The van der Waals surface area contributed by atoms with Crippen molar-refractivity contribution >= 4 is 46.3 Å². The molecule has 2 heterocycles. The topological polar surface area (TPSA) is 107 Å². The number of benzene rings is 2. The van der Waals surface area contributed by atoms with Crippen LogP contribution in [0.15, 0.2) is 59.6 Å². The SMILES string of the molecule is O=C1NC(=O)/C(=C/c2cn(-c3ccc([N+](=O)[O-])cc3)nc2-c2ccc(Cl)cc2)S1. The maximum Gasteiger partial charge on any atom is 0.290 e. The molecule has 2 amide bonds. The zero-order chi connectivity index (χ0) is 20.5. The number of nitro benzene ring substituents is 1. The van der Waals surface area contributed by atoms with Crippen molar-refractivity contribution in [3.8, 4) is 16.9 Å². The van der Waals surface area contributed by atoms with Crippen LogP contribution in [0.5, 0.6) is 0 Å². The lowest BCUT2D eigenvalue weighted by atomic mass is 10.1. The molecule has 4 rings (SSSR count). The molecule has 10 heteroatoms. The molecule has 1 fully saturated rings. The summed E-state index contributed by atoms with van der Waals surface area (Å²) in [6.07, 6.45) is 3.28. The summed E-state index contributed by atoms with van der Waals surface area (Å²) in [6, 6.07) is 13.0. The molecule has 0 aliphatic carbocycles. The monoisotopic (exact) mass is 426 g/mol. The number of amides is 2. The number of thioether (sulfide) groups is 1. The third-order valence-electron chi connectivity index (χ3n) is 4.11. The summed E-state index contributed by atoms with van der Waals surface area (Å²) in [6.45, 7) is 0. The molecule has 29 heavy (non-hydrogen) atoms. The fourth-order valence-electron chi connectivity index (χ4n) is 2.75. The van der Waals surface area contributed by atoms with Crippen molar-refractivity contribution in [3.05, 3.63) is 80.3 Å². The van der Waals surface area contributed by atoms with Gasteiger partial charge in [0.2, 0.25) is 0 Å². The molecular formula is C19H11ClN4O4S. The number of carbonyl (C=O) groups excluding carboxylic acids is 2. The summed E-state index contributed by atoms with van der Waals surface area (Å²) in [5, 5.41) is 17.8. The summed E-state index contributed by atoms with van der Waals surface area (Å²) in [5.41, 5.74) is 2.52. The molecule has 3 aromatic rings. The Labute approximate surface area is 173 Å². The molecule has 1 aromatic heterocycles. The number of nitrogens with one attached hydrogen (secondary N) is 1. The van der Waals surface area contributed by atoms with E-state index in [0.717, 1.165) is 17.3 Å². The van der Waals surface area contributed by atoms with Crippen molar-refractivity contribution in [1.82, 2.24) is 15.1 Å². The Morgan fingerprint density at radius 2 is 1.79 bits per heavy atom. The van der Waals surface area contributed by atoms with Crippen molar-refractivity contribution in [2.45, 2.75) is 0 Å². The van der Waals surface area contributed by atoms with Crippen LogP contribution < -0.4 is 5.32 Å². The van der Waals surface area contributed by atoms with Crippen LogP contribution in [0.2, 0.25) is 5.02 Å². The molecule has 144 valence electrons. The highest BCUT2D eigenvalue weighted by Crippen LogP contribution is 2.31. The van der Waals surface area contributed by atoms with Crippen molar-refractivity contribution in [2.24, 2.45) is 0 Å². The van der Waals surface area contributed by atoms with E-state index in [4.69, 9.17) is 11.6 Å². The molecule has 1 aliphatic rings. The zero-order valence-electron chi connectivity index (χ0n) is 14.5. The second-order valence-corrected chi connectivity index (χ2v) is 7.46. The van der Waals surface area contributed by atoms with Gasteiger partial charge in [-0.25, -0.2) is 4.68 Å². The first-order valence-electron chi connectivity index (χ1n) is 8.26. The molecule has 0 unspecified atom stereocenters. The van der Waals surface area contributed by atoms with Crippen molar-refractivity contribution in [3.63, 3.8) is 0 Å². The van der Waals surface area contributed by atoms with Crippen LogP contribution in [0.1, 0.15) is 5.56 Å². The number of aromatic nitrogens is 2. The number of carbonyl (C=O) groups is 2. The summed E-state index contributed by atoms with van der Waals surface area (Å²) in [4.78, 5) is 34.0. The molecule has 1 N–H and O–H groups in total. The van der Waals surface area contributed by atoms with Gasteiger partial charge in [0, 0.05) is 34.5 Å². The fourth-order valence-corrected chi connectivity index (χ4v) is 3.55. The molecule has 0 saturated carbocycles. The second-order valence-electron chi connectivity index (χ2n) is 6.01. The molecule has 0 atom stereocenters. The summed E-state index contributed by atoms with van der Waals surface area (Å²) in [7, 11) is 0. The molecule has 0 radical (unpaired) electrons. The molecule has 1 saturated heterocycles. The van der Waals surface area contributed by atoms with E-state index in [1.807, 2.05) is 0 Å². The van der Waals surface area contributed by atoms with Gasteiger partial charge in [-0.3, -0.25) is 25.0 Å². The largest absolute Gasteiger partial charge is 0.290 e. The lowest BCUT2D eigenvalue weighted by Gasteiger charge is -2.01. The number of nitrogens with zero attached hydrogens (tertiary/aromatic N) is 3. The number of hydrogen-bond donors (Lipinski definition) is 1. The van der Waals surface area contributed by atoms with Gasteiger partial charge in [0.15, 0.2) is 0 Å². The highest BCUT2D eigenvalue weighted by Gasteiger charge is 2.26. The van der Waals surface area contributed by atoms with E-state index in [9.17, 15) is 19.7 Å². The maximum absolute atomic E-state index is 11.9. The lowest BCUT2D eigenvalue weighted by Crippen LogP contribution is -2.17. The number of halogens is 1. The van der Waals surface area contributed by atoms with Gasteiger partial charge >= 0.3 is 0 Å². The third kappa shape index (κ3) is 3.91. The number of nitro groups is 1. The average Bonchev–Trinajstić information content (AvgIpc) is 3.25. The lowest BCUT2D eigenvalue weighted by molar-refractivity contribution is -0.384. The highest BCUT2D eigenvalue weighted by molar-refractivity contribution is 8.18. The van der Waals surface area contributed by atoms with Crippen LogP contribution in [-0.2, 0) is 4.79 Å². The number of imide groups is 1. The molecule has 1 aliphatic heterocycles. The molecular weight excluding hydrogens is 416 g/mol. The predicted octanol–water partition coefficient (Wildman–Crippen LogP) is 4.42. The minimum absolute atomic E-state index is 0.0290. The van der Waals surface area contributed by atoms with Crippen LogP contribution in [0.25, 0.3) is 23.0 Å². The minimum atomic E-state index is -0.477. The number of rotatable bonds is 4. The van der Waals surface area contributed by atoms with Crippen molar-refractivity contribution in [1.29, 1.82) is 0 Å². The second kappa shape index (κ2) is 7.53. The van der Waals surface area contributed by atoms with Crippen LogP contribution in [0.3, 0.4) is 0 Å². The van der Waals surface area contributed by atoms with Crippen molar-refractivity contribution in [2.75, 3.05) is 0 Å². The smallest absolute Gasteiger partial charge is 0.282 e. The summed E-state index contributed by atoms with van der Waals surface area (Å²) in [5.74, 6) is -0.467. The van der Waals surface area contributed by atoms with Crippen molar-refractivity contribution < 1.29 is 14.5 Å². The first-order valence-corrected chi connectivity index (χ1v) is 9.45. The molecule has 0 bridgehead atoms. The van der Waals surface area contributed by atoms with Gasteiger partial charge in [-0.2, -0.15) is 5.10 Å². The van der Waals surface area contributed by atoms with Gasteiger partial charge in [-0.15, -0.1) is 0 Å². The van der Waals surface area contributed by atoms with Crippen LogP contribution in [-0.4, -0.2) is 25.9 Å². The van der Waals surface area contributed by atoms with Crippen LogP contribution in [0, 0.1) is 10.1 Å². The summed E-state index contributed by atoms with van der Waals surface area (Å²) >= 11 is 6.78. The van der Waals surface area contributed by atoms with E-state index in [1.165, 1.54) is 12.1 Å². The molecule has 2 aromatic carbocycles. The highest BCUT2D eigenvalue weighted by atomic mass is 35.5.